The first-order valence-electron chi connectivity index (χ1n) is 27.9. The number of halogens is 2. The number of aryl methyl sites for hydroxylation is 2. The van der Waals surface area contributed by atoms with E-state index in [2.05, 4.69) is 63.4 Å². The summed E-state index contributed by atoms with van der Waals surface area (Å²) >= 11 is 7.64. The molecule has 2 fully saturated rings. The molecular weight excluding hydrogens is 1070 g/mol. The molecule has 0 radical (unpaired) electrons. The molecular formula is C59H75ClFN13O6S. The molecule has 5 N–H and O–H groups in total. The van der Waals surface area contributed by atoms with Gasteiger partial charge in [0.2, 0.25) is 23.6 Å². The lowest BCUT2D eigenvalue weighted by atomic mass is 9.85. The molecule has 0 bridgehead atoms. The second kappa shape index (κ2) is 28.7. The van der Waals surface area contributed by atoms with Crippen molar-refractivity contribution in [3.8, 4) is 16.2 Å². The standard InChI is InChI=1S/C59H75ClFN13O6S/c1-39-54(81-38-65-39)41-19-17-40(18-20-41)33-62-57(78)50-30-44(75)35-74(50)58(79)55(59(2,3)4)68-53(77)15-12-10-8-6-7-9-11-13-24-73-34-43(69-70-73)36-80-51-32-48-45(56(64-37-63-48)66-42-21-22-47(61)46(60)29-42)31-49(51)67-52(76)16-14-23-72-27-25-71(5)26-28-72/h14,16-22,29,31-32,34,37-38,44,50,55,75H,6-13,15,23-28,30,33,35-36H2,1-5H3,(H,62,78)(H,67,76)(H,68,77)(H,63,64,66)/b16-14+/t44-,50+,55-/m1/s1. The van der Waals surface area contributed by atoms with Crippen LogP contribution in [0.5, 0.6) is 5.75 Å². The lowest BCUT2D eigenvalue weighted by Crippen LogP contribution is -2.57. The monoisotopic (exact) mass is 1150 g/mol. The molecule has 0 spiro atoms. The number of nitrogens with zero attached hydrogens (tertiary/aromatic N) is 9. The van der Waals surface area contributed by atoms with Crippen LogP contribution in [0.25, 0.3) is 21.3 Å². The van der Waals surface area contributed by atoms with Crippen LogP contribution in [0.1, 0.15) is 102 Å². The first-order valence-corrected chi connectivity index (χ1v) is 29.2. The van der Waals surface area contributed by atoms with Gasteiger partial charge in [-0.2, -0.15) is 0 Å². The van der Waals surface area contributed by atoms with E-state index in [9.17, 15) is 28.7 Å². The molecule has 0 saturated carbocycles. The number of benzene rings is 3. The van der Waals surface area contributed by atoms with Crippen molar-refractivity contribution in [2.45, 2.75) is 130 Å². The molecule has 19 nitrogen and oxygen atoms in total. The van der Waals surface area contributed by atoms with E-state index in [1.165, 1.54) is 29.4 Å². The molecule has 4 amide bonds. The number of β-amino-alcohol motifs (C(OH)–C–C–N with tert-alkyl or cyclic N) is 1. The van der Waals surface area contributed by atoms with E-state index in [0.29, 0.717) is 59.0 Å². The van der Waals surface area contributed by atoms with E-state index in [1.54, 1.807) is 34.2 Å². The summed E-state index contributed by atoms with van der Waals surface area (Å²) in [5, 5.41) is 32.0. The quantitative estimate of drug-likeness (QED) is 0.0253. The lowest BCUT2D eigenvalue weighted by Gasteiger charge is -2.35. The van der Waals surface area contributed by atoms with Gasteiger partial charge in [-0.25, -0.2) is 19.3 Å². The van der Waals surface area contributed by atoms with Crippen molar-refractivity contribution in [2.24, 2.45) is 5.41 Å². The topological polar surface area (TPSA) is 225 Å². The summed E-state index contributed by atoms with van der Waals surface area (Å²) in [5.41, 5.74) is 6.20. The number of thiazole rings is 1. The van der Waals surface area contributed by atoms with Crippen LogP contribution in [0, 0.1) is 18.2 Å². The molecule has 6 aromatic rings. The molecule has 5 heterocycles. The number of carbonyl (C=O) groups is 4. The lowest BCUT2D eigenvalue weighted by molar-refractivity contribution is -0.144. The third-order valence-corrected chi connectivity index (χ3v) is 15.9. The van der Waals surface area contributed by atoms with Crippen LogP contribution in [0.4, 0.5) is 21.6 Å². The number of aromatic nitrogens is 6. The second-order valence-corrected chi connectivity index (χ2v) is 23.4. The number of piperazine rings is 1. The summed E-state index contributed by atoms with van der Waals surface area (Å²) in [4.78, 5) is 74.5. The van der Waals surface area contributed by atoms with Gasteiger partial charge in [-0.1, -0.05) is 106 Å². The van der Waals surface area contributed by atoms with E-state index in [-0.39, 0.29) is 61.2 Å². The average Bonchev–Trinajstić information content (AvgIpc) is 4.36. The van der Waals surface area contributed by atoms with E-state index < -0.39 is 29.4 Å². The zero-order valence-corrected chi connectivity index (χ0v) is 48.5. The van der Waals surface area contributed by atoms with Gasteiger partial charge in [-0.05, 0) is 67.6 Å². The van der Waals surface area contributed by atoms with Gasteiger partial charge in [0.1, 0.15) is 48.1 Å². The minimum absolute atomic E-state index is 0.0203. The molecule has 22 heteroatoms. The normalized spacial score (nSPS) is 16.5. The Labute approximate surface area is 482 Å². The number of hydrogen-bond acceptors (Lipinski definition) is 15. The van der Waals surface area contributed by atoms with Gasteiger partial charge in [0.25, 0.3) is 0 Å². The first kappa shape index (κ1) is 60.2. The minimum Gasteiger partial charge on any atom is -0.485 e. The van der Waals surface area contributed by atoms with Gasteiger partial charge in [0.15, 0.2) is 0 Å². The number of aliphatic hydroxyl groups excluding tert-OH is 1. The van der Waals surface area contributed by atoms with Crippen LogP contribution < -0.4 is 26.0 Å². The number of ether oxygens (including phenoxy) is 1. The average molecular weight is 1150 g/mol. The van der Waals surface area contributed by atoms with Crippen molar-refractivity contribution >= 4 is 74.7 Å². The van der Waals surface area contributed by atoms with Crippen LogP contribution in [0.15, 0.2) is 84.8 Å². The highest BCUT2D eigenvalue weighted by molar-refractivity contribution is 7.13. The summed E-state index contributed by atoms with van der Waals surface area (Å²) < 4.78 is 22.0. The Morgan fingerprint density at radius 1 is 0.938 bits per heavy atom. The number of anilines is 3. The van der Waals surface area contributed by atoms with Gasteiger partial charge < -0.3 is 40.9 Å². The van der Waals surface area contributed by atoms with Crippen LogP contribution in [0.2, 0.25) is 5.02 Å². The maximum absolute atomic E-state index is 14.1. The van der Waals surface area contributed by atoms with Crippen LogP contribution in [-0.4, -0.2) is 138 Å². The van der Waals surface area contributed by atoms with Gasteiger partial charge in [-0.15, -0.1) is 16.4 Å². The van der Waals surface area contributed by atoms with Crippen LogP contribution in [-0.2, 0) is 38.9 Å². The number of aliphatic hydroxyl groups is 1. The molecule has 2 aliphatic heterocycles. The smallest absolute Gasteiger partial charge is 0.248 e. The number of hydrogen-bond donors (Lipinski definition) is 5. The zero-order valence-electron chi connectivity index (χ0n) is 46.9. The van der Waals surface area contributed by atoms with Gasteiger partial charge in [0, 0.05) is 88.4 Å². The molecule has 2 saturated heterocycles. The number of fused-ring (bicyclic) bond motifs is 1. The predicted octanol–water partition coefficient (Wildman–Crippen LogP) is 8.83. The first-order chi connectivity index (χ1) is 39.0. The molecule has 0 unspecified atom stereocenters. The van der Waals surface area contributed by atoms with Crippen molar-refractivity contribution < 1.29 is 33.4 Å². The zero-order chi connectivity index (χ0) is 57.5. The molecule has 432 valence electrons. The van der Waals surface area contributed by atoms with Crippen LogP contribution in [0.3, 0.4) is 0 Å². The Morgan fingerprint density at radius 2 is 1.68 bits per heavy atom. The fourth-order valence-electron chi connectivity index (χ4n) is 9.92. The fraction of sp³-hybridized carbons (Fsp3) is 0.475. The SMILES string of the molecule is Cc1ncsc1-c1ccc(CNC(=O)[C@@H]2C[C@@H](O)CN2C(=O)[C@@H](NC(=O)CCCCCCCCCCn2cc(COc3cc4ncnc(Nc5ccc(F)c(Cl)c5)c4cc3NC(=O)/C=C/CN3CCN(C)CC3)nn2)C(C)(C)C)cc1. The maximum Gasteiger partial charge on any atom is 0.248 e. The van der Waals surface area contributed by atoms with Crippen molar-refractivity contribution in [3.63, 3.8) is 0 Å². The molecule has 3 aromatic carbocycles. The Bertz CT molecular complexity index is 3120. The largest absolute Gasteiger partial charge is 0.485 e. The molecule has 0 aliphatic carbocycles. The number of nitrogens with one attached hydrogen (secondary N) is 4. The van der Waals surface area contributed by atoms with E-state index in [1.807, 2.05) is 69.7 Å². The van der Waals surface area contributed by atoms with E-state index in [0.717, 1.165) is 92.8 Å². The Kier molecular flexibility index (Phi) is 21.3. The second-order valence-electron chi connectivity index (χ2n) is 22.1. The molecule has 3 aromatic heterocycles. The van der Waals surface area contributed by atoms with Gasteiger partial charge >= 0.3 is 0 Å². The summed E-state index contributed by atoms with van der Waals surface area (Å²) in [6.45, 7) is 13.2. The summed E-state index contributed by atoms with van der Waals surface area (Å²) in [5.74, 6) is -0.977. The van der Waals surface area contributed by atoms with E-state index in [4.69, 9.17) is 16.3 Å². The third-order valence-electron chi connectivity index (χ3n) is 14.6. The number of rotatable bonds is 26. The highest BCUT2D eigenvalue weighted by Crippen LogP contribution is 2.35. The Hall–Kier alpha value is -6.91. The minimum atomic E-state index is -0.868. The van der Waals surface area contributed by atoms with Crippen molar-refractivity contribution in [1.29, 1.82) is 0 Å². The van der Waals surface area contributed by atoms with Crippen molar-refractivity contribution in [3.05, 3.63) is 113 Å². The molecule has 81 heavy (non-hydrogen) atoms. The maximum atomic E-state index is 14.1. The highest BCUT2D eigenvalue weighted by Gasteiger charge is 2.44. The molecule has 2 aliphatic rings. The Balaban J connectivity index is 0.742. The number of carbonyl (C=O) groups excluding carboxylic acids is 4. The van der Waals surface area contributed by atoms with E-state index >= 15 is 0 Å². The number of likely N-dealkylation sites (N-methyl/N-ethyl adjacent to an activating group) is 1. The summed E-state index contributed by atoms with van der Waals surface area (Å²) in [6, 6.07) is 14.0. The van der Waals surface area contributed by atoms with Crippen LogP contribution >= 0.6 is 22.9 Å². The number of amides is 4. The highest BCUT2D eigenvalue weighted by atomic mass is 35.5. The summed E-state index contributed by atoms with van der Waals surface area (Å²) in [6.07, 6.45) is 13.9. The predicted molar refractivity (Wildman–Crippen MR) is 313 cm³/mol. The van der Waals surface area contributed by atoms with Crippen molar-refractivity contribution in [1.82, 2.24) is 55.3 Å². The fourth-order valence-corrected chi connectivity index (χ4v) is 10.9. The van der Waals surface area contributed by atoms with Gasteiger partial charge in [-0.3, -0.25) is 28.8 Å². The van der Waals surface area contributed by atoms with Gasteiger partial charge in [0.05, 0.1) is 44.6 Å². The number of likely N-dealkylation sites (tertiary alicyclic amines) is 1. The summed E-state index contributed by atoms with van der Waals surface area (Å²) in [7, 11) is 2.10. The third kappa shape index (κ3) is 17.3. The molecule has 3 atom stereocenters. The molecule has 8 rings (SSSR count). The van der Waals surface area contributed by atoms with Crippen molar-refractivity contribution in [2.75, 3.05) is 56.9 Å². The number of unbranched alkanes of at least 4 members (excludes halogenated alkanes) is 7. The Morgan fingerprint density at radius 3 is 2.40 bits per heavy atom.